The Morgan fingerprint density at radius 3 is 2.87 bits per heavy atom. The van der Waals surface area contributed by atoms with Crippen LogP contribution in [0.5, 0.6) is 0 Å². The molecule has 0 amide bonds. The zero-order valence-corrected chi connectivity index (χ0v) is 9.93. The molecule has 2 unspecified atom stereocenters. The molecular weight excluding hydrogens is 216 g/mol. The molecule has 7 heteroatoms. The van der Waals surface area contributed by atoms with Crippen LogP contribution in [0.4, 0.5) is 0 Å². The third-order valence-corrected chi connectivity index (χ3v) is 2.83. The van der Waals surface area contributed by atoms with E-state index in [0.29, 0.717) is 0 Å². The largest absolute Gasteiger partial charge is 0.379 e. The molecule has 0 aromatic rings. The van der Waals surface area contributed by atoms with Crippen LogP contribution in [0.25, 0.3) is 0 Å². The fourth-order valence-electron chi connectivity index (χ4n) is 1.64. The van der Waals surface area contributed by atoms with Gasteiger partial charge in [0.15, 0.2) is 0 Å². The Labute approximate surface area is 90.7 Å². The number of ether oxygens (including phenoxy) is 1. The van der Waals surface area contributed by atoms with Crippen LogP contribution in [-0.2, 0) is 9.30 Å². The van der Waals surface area contributed by atoms with Crippen molar-refractivity contribution in [2.45, 2.75) is 18.5 Å². The highest BCUT2D eigenvalue weighted by Gasteiger charge is 2.19. The van der Waals surface area contributed by atoms with Crippen molar-refractivity contribution in [1.82, 2.24) is 4.90 Å². The van der Waals surface area contributed by atoms with Crippen LogP contribution >= 0.6 is 7.60 Å². The van der Waals surface area contributed by atoms with E-state index in [4.69, 9.17) is 14.5 Å². The molecule has 2 N–H and O–H groups in total. The zero-order chi connectivity index (χ0) is 11.5. The molecule has 1 heterocycles. The second kappa shape index (κ2) is 5.28. The van der Waals surface area contributed by atoms with Crippen LogP contribution < -0.4 is 0 Å². The van der Waals surface area contributed by atoms with Crippen molar-refractivity contribution in [2.24, 2.45) is 0 Å². The van der Waals surface area contributed by atoms with E-state index in [1.165, 1.54) is 6.08 Å². The maximum atomic E-state index is 10.6. The molecule has 0 bridgehead atoms. The van der Waals surface area contributed by atoms with E-state index in [1.54, 1.807) is 0 Å². The van der Waals surface area contributed by atoms with Crippen LogP contribution in [-0.4, -0.2) is 54.8 Å². The van der Waals surface area contributed by atoms with Gasteiger partial charge in [0.2, 0.25) is 0 Å². The summed E-state index contributed by atoms with van der Waals surface area (Å²) in [5.74, 6) is 0.926. The van der Waals surface area contributed by atoms with E-state index in [9.17, 15) is 4.57 Å². The first-order valence-corrected chi connectivity index (χ1v) is 6.63. The molecule has 1 aliphatic heterocycles. The molecule has 0 radical (unpaired) electrons. The highest BCUT2D eigenvalue weighted by atomic mass is 31.2. The summed E-state index contributed by atoms with van der Waals surface area (Å²) in [4.78, 5) is 19.5. The first-order chi connectivity index (χ1) is 6.87. The summed E-state index contributed by atoms with van der Waals surface area (Å²) >= 11 is 0. The minimum Gasteiger partial charge on any atom is -0.379 e. The number of hydrogen-bond acceptors (Lipinski definition) is 3. The van der Waals surface area contributed by atoms with E-state index < -0.39 is 7.60 Å². The van der Waals surface area contributed by atoms with Gasteiger partial charge >= 0.3 is 7.60 Å². The molecule has 2 atom stereocenters. The first kappa shape index (κ1) is 12.9. The summed E-state index contributed by atoms with van der Waals surface area (Å²) in [6, 6.07) is 0.0870. The van der Waals surface area contributed by atoms with Gasteiger partial charge in [0.1, 0.15) is 7.85 Å². The Hall–Kier alpha value is -0.125. The average molecular weight is 233 g/mol. The minimum atomic E-state index is -4.06. The quantitative estimate of drug-likeness (QED) is 0.490. The lowest BCUT2D eigenvalue weighted by atomic mass is 10.00. The Bertz CT molecular complexity index is 280. The molecule has 0 aromatic carbocycles. The Morgan fingerprint density at radius 1 is 1.60 bits per heavy atom. The van der Waals surface area contributed by atoms with Gasteiger partial charge in [0.25, 0.3) is 0 Å². The third kappa shape index (κ3) is 5.49. The first-order valence-electron chi connectivity index (χ1n) is 4.95. The van der Waals surface area contributed by atoms with Crippen LogP contribution in [0.15, 0.2) is 11.9 Å². The van der Waals surface area contributed by atoms with E-state index in [1.807, 2.05) is 14.9 Å². The van der Waals surface area contributed by atoms with Crippen LogP contribution in [0.3, 0.4) is 0 Å². The number of nitrogens with zero attached hydrogens (tertiary/aromatic N) is 1. The van der Waals surface area contributed by atoms with E-state index in [0.717, 1.165) is 25.3 Å². The fourth-order valence-corrected chi connectivity index (χ4v) is 2.05. The lowest BCUT2D eigenvalue weighted by Gasteiger charge is -2.16. The minimum absolute atomic E-state index is 0.0870. The molecule has 0 saturated carbocycles. The SMILES string of the molecule is BC1CN(C)CCC(/C=C/P(=O)(O)O)O1. The molecule has 15 heavy (non-hydrogen) atoms. The summed E-state index contributed by atoms with van der Waals surface area (Å²) in [5.41, 5.74) is 0. The van der Waals surface area contributed by atoms with Crippen molar-refractivity contribution in [3.05, 3.63) is 11.9 Å². The Morgan fingerprint density at radius 2 is 2.27 bits per heavy atom. The van der Waals surface area contributed by atoms with Gasteiger partial charge in [0, 0.05) is 24.9 Å². The van der Waals surface area contributed by atoms with Crippen molar-refractivity contribution in [1.29, 1.82) is 0 Å². The lowest BCUT2D eigenvalue weighted by molar-refractivity contribution is 0.0676. The van der Waals surface area contributed by atoms with Gasteiger partial charge in [-0.3, -0.25) is 4.57 Å². The number of likely N-dealkylation sites (N-methyl/N-ethyl adjacent to an activating group) is 1. The molecule has 1 rings (SSSR count). The smallest absolute Gasteiger partial charge is 0.348 e. The topological polar surface area (TPSA) is 70.0 Å². The normalized spacial score (nSPS) is 30.6. The second-order valence-electron chi connectivity index (χ2n) is 3.97. The van der Waals surface area contributed by atoms with Gasteiger partial charge in [0.05, 0.1) is 6.10 Å². The van der Waals surface area contributed by atoms with Crippen LogP contribution in [0.1, 0.15) is 6.42 Å². The molecule has 0 aromatic heterocycles. The molecular formula is C8H17BNO4P. The third-order valence-electron chi connectivity index (χ3n) is 2.27. The number of hydrogen-bond donors (Lipinski definition) is 2. The van der Waals surface area contributed by atoms with E-state index >= 15 is 0 Å². The molecule has 0 aliphatic carbocycles. The predicted octanol–water partition coefficient (Wildman–Crippen LogP) is -0.642. The molecule has 5 nitrogen and oxygen atoms in total. The van der Waals surface area contributed by atoms with Crippen molar-refractivity contribution >= 4 is 15.4 Å². The summed E-state index contributed by atoms with van der Waals surface area (Å²) in [6.45, 7) is 1.72. The summed E-state index contributed by atoms with van der Waals surface area (Å²) in [5, 5.41) is 0. The Balaban J connectivity index is 2.55. The van der Waals surface area contributed by atoms with Gasteiger partial charge in [-0.15, -0.1) is 0 Å². The lowest BCUT2D eigenvalue weighted by Crippen LogP contribution is -2.28. The molecule has 86 valence electrons. The molecule has 1 aliphatic rings. The summed E-state index contributed by atoms with van der Waals surface area (Å²) in [7, 11) is -0.0883. The van der Waals surface area contributed by atoms with Gasteiger partial charge < -0.3 is 19.4 Å². The standard InChI is InChI=1S/C8H17BNO4P/c1-10-4-2-7(14-8(9)6-10)3-5-15(11,12)13/h3,5,7-8H,2,4,6,9H2,1H3,(H2,11,12,13)/b5-3+. The monoisotopic (exact) mass is 233 g/mol. The van der Waals surface area contributed by atoms with Crippen molar-refractivity contribution < 1.29 is 19.1 Å². The number of rotatable bonds is 2. The highest BCUT2D eigenvalue weighted by Crippen LogP contribution is 2.36. The van der Waals surface area contributed by atoms with Gasteiger partial charge in [-0.1, -0.05) is 0 Å². The molecule has 1 fully saturated rings. The summed E-state index contributed by atoms with van der Waals surface area (Å²) in [6.07, 6.45) is 2.03. The van der Waals surface area contributed by atoms with Crippen LogP contribution in [0.2, 0.25) is 0 Å². The maximum absolute atomic E-state index is 10.6. The van der Waals surface area contributed by atoms with Gasteiger partial charge in [-0.05, 0) is 19.5 Å². The van der Waals surface area contributed by atoms with Crippen molar-refractivity contribution in [3.8, 4) is 0 Å². The Kier molecular flexibility index (Phi) is 4.55. The zero-order valence-electron chi connectivity index (χ0n) is 9.04. The molecule has 1 saturated heterocycles. The molecule has 0 spiro atoms. The van der Waals surface area contributed by atoms with Crippen molar-refractivity contribution in [2.75, 3.05) is 20.1 Å². The maximum Gasteiger partial charge on any atom is 0.348 e. The fraction of sp³-hybridized carbons (Fsp3) is 0.750. The van der Waals surface area contributed by atoms with Crippen molar-refractivity contribution in [3.63, 3.8) is 0 Å². The predicted molar refractivity (Wildman–Crippen MR) is 60.5 cm³/mol. The average Bonchev–Trinajstić information content (AvgIpc) is 2.22. The second-order valence-corrected chi connectivity index (χ2v) is 5.44. The van der Waals surface area contributed by atoms with E-state index in [2.05, 4.69) is 4.90 Å². The van der Waals surface area contributed by atoms with E-state index in [-0.39, 0.29) is 12.1 Å². The van der Waals surface area contributed by atoms with Crippen LogP contribution in [0, 0.1) is 0 Å². The van der Waals surface area contributed by atoms with Gasteiger partial charge in [-0.2, -0.15) is 0 Å². The highest BCUT2D eigenvalue weighted by molar-refractivity contribution is 7.55. The summed E-state index contributed by atoms with van der Waals surface area (Å²) < 4.78 is 16.3. The van der Waals surface area contributed by atoms with Gasteiger partial charge in [-0.25, -0.2) is 0 Å².